The molecule has 2 aromatic rings. The van der Waals surface area contributed by atoms with Crippen LogP contribution in [0.4, 0.5) is 15.3 Å². The summed E-state index contributed by atoms with van der Waals surface area (Å²) in [7, 11) is 1.35. The van der Waals surface area contributed by atoms with Gasteiger partial charge in [-0.15, -0.1) is 0 Å². The van der Waals surface area contributed by atoms with Gasteiger partial charge >= 0.3 is 18.1 Å². The second-order valence-corrected chi connectivity index (χ2v) is 12.6. The third-order valence-corrected chi connectivity index (χ3v) is 9.37. The highest BCUT2D eigenvalue weighted by Gasteiger charge is 2.33. The van der Waals surface area contributed by atoms with E-state index in [9.17, 15) is 24.3 Å². The molecule has 2 N–H and O–H groups in total. The monoisotopic (exact) mass is 707 g/mol. The molecule has 3 heterocycles. The molecule has 0 saturated carbocycles. The lowest BCUT2D eigenvalue weighted by Crippen LogP contribution is -2.50. The molecule has 0 radical (unpaired) electrons. The van der Waals surface area contributed by atoms with Crippen LogP contribution in [-0.2, 0) is 31.9 Å². The molecule has 12 nitrogen and oxygen atoms in total. The van der Waals surface area contributed by atoms with Crippen LogP contribution in [0.5, 0.6) is 5.75 Å². The molecular weight excluding hydrogens is 670 g/mol. The number of carbonyl (C=O) groups is 4. The number of rotatable bonds is 7. The number of para-hydroxylation sites is 1. The van der Waals surface area contributed by atoms with E-state index in [0.717, 1.165) is 30.5 Å². The standard InChI is InChI=1S/C34H38BrN5O7/c1-46-32(43)28-9-4-5-16-38(28)17-6-15-36-31(42)30(22-23-10-11-29(41)26(35)21-23)47-34(45)39-18-13-25(14-19-39)40-20-12-24-7-2-3-8-27(24)37-33(40)44/h2-3,7-8,10-11,17,21,25,28,30,41H,4-5,9,12-14,16,18-20,22H2,1H3,(H,37,44)/t28-,30-/m1/s1. The number of urea groups is 1. The second-order valence-electron chi connectivity index (χ2n) is 11.7. The Morgan fingerprint density at radius 3 is 2.66 bits per heavy atom. The number of benzene rings is 2. The van der Waals surface area contributed by atoms with Crippen LogP contribution in [-0.4, -0.2) is 101 Å². The van der Waals surface area contributed by atoms with Gasteiger partial charge in [0.25, 0.3) is 5.91 Å². The van der Waals surface area contributed by atoms with Gasteiger partial charge in [-0.05, 0) is 89.5 Å². The van der Waals surface area contributed by atoms with Crippen molar-refractivity contribution in [2.45, 2.75) is 63.1 Å². The molecule has 5 rings (SSSR count). The molecular formula is C34H38BrN5O7. The molecule has 2 saturated heterocycles. The molecule has 0 bridgehead atoms. The predicted molar refractivity (Wildman–Crippen MR) is 177 cm³/mol. The number of piperidine rings is 2. The van der Waals surface area contributed by atoms with E-state index in [1.807, 2.05) is 29.2 Å². The zero-order chi connectivity index (χ0) is 33.3. The number of methoxy groups -OCH3 is 1. The van der Waals surface area contributed by atoms with Gasteiger partial charge in [0.05, 0.1) is 17.8 Å². The zero-order valence-corrected chi connectivity index (χ0v) is 27.8. The summed E-state index contributed by atoms with van der Waals surface area (Å²) in [5.74, 6) is 1.45. The molecule has 248 valence electrons. The minimum atomic E-state index is -1.27. The molecule has 0 aliphatic carbocycles. The van der Waals surface area contributed by atoms with Crippen molar-refractivity contribution in [1.82, 2.24) is 14.7 Å². The highest BCUT2D eigenvalue weighted by molar-refractivity contribution is 9.10. The van der Waals surface area contributed by atoms with Crippen LogP contribution in [0.1, 0.15) is 43.2 Å². The molecule has 3 aliphatic rings. The second kappa shape index (κ2) is 15.8. The Morgan fingerprint density at radius 2 is 1.89 bits per heavy atom. The van der Waals surface area contributed by atoms with Crippen LogP contribution in [0.2, 0.25) is 0 Å². The number of amides is 4. The van der Waals surface area contributed by atoms with Crippen LogP contribution in [0.3, 0.4) is 0 Å². The Labute approximate surface area is 281 Å². The number of carbonyl (C=O) groups excluding carboxylic acids is 4. The Kier molecular flexibility index (Phi) is 11.4. The van der Waals surface area contributed by atoms with Gasteiger partial charge in [0.1, 0.15) is 11.8 Å². The van der Waals surface area contributed by atoms with Crippen molar-refractivity contribution >= 4 is 51.5 Å². The number of likely N-dealkylation sites (tertiary alicyclic amines) is 2. The van der Waals surface area contributed by atoms with E-state index in [1.54, 1.807) is 17.0 Å². The number of halogens is 1. The quantitative estimate of drug-likeness (QED) is 0.241. The van der Waals surface area contributed by atoms with Crippen molar-refractivity contribution in [3.63, 3.8) is 0 Å². The van der Waals surface area contributed by atoms with Crippen LogP contribution < -0.4 is 5.32 Å². The number of hydrogen-bond acceptors (Lipinski definition) is 8. The molecule has 4 amide bonds. The van der Waals surface area contributed by atoms with Crippen molar-refractivity contribution in [2.24, 2.45) is 4.99 Å². The zero-order valence-electron chi connectivity index (χ0n) is 26.2. The van der Waals surface area contributed by atoms with Gasteiger partial charge in [-0.3, -0.25) is 4.79 Å². The minimum absolute atomic E-state index is 0.0138. The van der Waals surface area contributed by atoms with E-state index in [-0.39, 0.29) is 30.2 Å². The van der Waals surface area contributed by atoms with Crippen molar-refractivity contribution < 1.29 is 33.8 Å². The van der Waals surface area contributed by atoms with Crippen molar-refractivity contribution in [3.05, 3.63) is 70.0 Å². The average Bonchev–Trinajstić information content (AvgIpc) is 3.25. The van der Waals surface area contributed by atoms with Gasteiger partial charge < -0.3 is 34.6 Å². The number of ether oxygens (including phenoxy) is 2. The topological polar surface area (TPSA) is 141 Å². The molecule has 0 aromatic heterocycles. The van der Waals surface area contributed by atoms with Gasteiger partial charge in [-0.25, -0.2) is 14.4 Å². The lowest BCUT2D eigenvalue weighted by atomic mass is 10.0. The third-order valence-electron chi connectivity index (χ3n) is 8.74. The molecule has 2 fully saturated rings. The largest absolute Gasteiger partial charge is 0.507 e. The Morgan fingerprint density at radius 1 is 1.11 bits per heavy atom. The van der Waals surface area contributed by atoms with E-state index in [0.29, 0.717) is 55.5 Å². The summed E-state index contributed by atoms with van der Waals surface area (Å²) in [5, 5.41) is 12.9. The Balaban J connectivity index is 1.24. The summed E-state index contributed by atoms with van der Waals surface area (Å²) in [6, 6.07) is 11.9. The third kappa shape index (κ3) is 8.62. The van der Waals surface area contributed by atoms with Crippen molar-refractivity contribution in [1.29, 1.82) is 0 Å². The summed E-state index contributed by atoms with van der Waals surface area (Å²) in [5.41, 5.74) is 5.27. The maximum Gasteiger partial charge on any atom is 0.410 e. The highest BCUT2D eigenvalue weighted by Crippen LogP contribution is 2.27. The number of hydrogen-bond donors (Lipinski definition) is 2. The lowest BCUT2D eigenvalue weighted by Gasteiger charge is -2.37. The highest BCUT2D eigenvalue weighted by atomic mass is 79.9. The van der Waals surface area contributed by atoms with Crippen LogP contribution in [0.15, 0.2) is 63.9 Å². The number of anilines is 1. The van der Waals surface area contributed by atoms with Gasteiger partial charge in [-0.2, -0.15) is 4.99 Å². The van der Waals surface area contributed by atoms with E-state index >= 15 is 0 Å². The number of nitrogens with zero attached hydrogens (tertiary/aromatic N) is 4. The molecule has 0 spiro atoms. The van der Waals surface area contributed by atoms with Crippen molar-refractivity contribution in [2.75, 3.05) is 38.6 Å². The maximum atomic E-state index is 13.3. The number of phenolic OH excluding ortho intramolecular Hbond substituents is 1. The number of aromatic hydroxyl groups is 1. The Hall–Kier alpha value is -4.57. The van der Waals surface area contributed by atoms with Gasteiger partial charge in [-0.1, -0.05) is 24.3 Å². The average molecular weight is 709 g/mol. The SMILES string of the molecule is COC(=O)[C@H]1CCCCN1C=C=C=NC(=O)[C@@H](Cc1ccc(O)c(Br)c1)OC(=O)N1CCC(N2CCc3ccccc3NC2=O)CC1. The summed E-state index contributed by atoms with van der Waals surface area (Å²) in [6.07, 6.45) is 3.95. The number of esters is 1. The molecule has 0 unspecified atom stereocenters. The predicted octanol–water partition coefficient (Wildman–Crippen LogP) is 4.65. The molecule has 2 aromatic carbocycles. The van der Waals surface area contributed by atoms with Gasteiger partial charge in [0.2, 0.25) is 0 Å². The Bertz CT molecular complexity index is 1590. The summed E-state index contributed by atoms with van der Waals surface area (Å²) < 4.78 is 11.1. The van der Waals surface area contributed by atoms with Crippen molar-refractivity contribution in [3.8, 4) is 5.75 Å². The summed E-state index contributed by atoms with van der Waals surface area (Å²) in [4.78, 5) is 60.7. The number of phenols is 1. The molecule has 47 heavy (non-hydrogen) atoms. The fourth-order valence-corrected chi connectivity index (χ4v) is 6.56. The van der Waals surface area contributed by atoms with Gasteiger partial charge in [0.15, 0.2) is 6.10 Å². The first kappa shape index (κ1) is 33.8. The number of fused-ring (bicyclic) bond motifs is 1. The van der Waals surface area contributed by atoms with E-state index in [2.05, 4.69) is 37.8 Å². The van der Waals surface area contributed by atoms with Crippen LogP contribution >= 0.6 is 15.9 Å². The number of aliphatic imine (C=N–C) groups is 1. The van der Waals surface area contributed by atoms with E-state index < -0.39 is 24.1 Å². The van der Waals surface area contributed by atoms with Gasteiger partial charge in [0, 0.05) is 50.2 Å². The maximum absolute atomic E-state index is 13.3. The fraction of sp³-hybridized carbons (Fsp3) is 0.441. The van der Waals surface area contributed by atoms with Crippen LogP contribution in [0.25, 0.3) is 0 Å². The first-order valence-electron chi connectivity index (χ1n) is 15.7. The lowest BCUT2D eigenvalue weighted by molar-refractivity contribution is -0.147. The summed E-state index contributed by atoms with van der Waals surface area (Å²) in [6.45, 7) is 1.92. The smallest absolute Gasteiger partial charge is 0.410 e. The van der Waals surface area contributed by atoms with Crippen LogP contribution in [0, 0.1) is 0 Å². The molecule has 2 atom stereocenters. The van der Waals surface area contributed by atoms with E-state index in [4.69, 9.17) is 9.47 Å². The molecule has 13 heteroatoms. The molecule has 3 aliphatic heterocycles. The number of nitrogens with one attached hydrogen (secondary N) is 1. The fourth-order valence-electron chi connectivity index (χ4n) is 6.13. The first-order chi connectivity index (χ1) is 22.7. The first-order valence-corrected chi connectivity index (χ1v) is 16.5. The summed E-state index contributed by atoms with van der Waals surface area (Å²) >= 11 is 3.28. The minimum Gasteiger partial charge on any atom is -0.507 e. The normalized spacial score (nSPS) is 18.8. The van der Waals surface area contributed by atoms with E-state index in [1.165, 1.54) is 24.3 Å².